The molecule has 158 valence electrons. The van der Waals surface area contributed by atoms with Crippen molar-refractivity contribution in [2.24, 2.45) is 0 Å². The lowest BCUT2D eigenvalue weighted by Crippen LogP contribution is -2.30. The summed E-state index contributed by atoms with van der Waals surface area (Å²) < 4.78 is 32.5. The van der Waals surface area contributed by atoms with Gasteiger partial charge in [-0.2, -0.15) is 4.31 Å². The highest BCUT2D eigenvalue weighted by molar-refractivity contribution is 7.89. The monoisotopic (exact) mass is 418 g/mol. The largest absolute Gasteiger partial charge is 0.494 e. The highest BCUT2D eigenvalue weighted by atomic mass is 32.2. The van der Waals surface area contributed by atoms with Crippen LogP contribution >= 0.6 is 0 Å². The summed E-state index contributed by atoms with van der Waals surface area (Å²) in [6.45, 7) is 8.67. The number of carbonyl (C=O) groups excluding carboxylic acids is 1. The van der Waals surface area contributed by atoms with Crippen LogP contribution in [0.25, 0.3) is 0 Å². The van der Waals surface area contributed by atoms with E-state index in [4.69, 9.17) is 4.74 Å². The third-order valence-electron chi connectivity index (χ3n) is 4.63. The van der Waals surface area contributed by atoms with Crippen molar-refractivity contribution in [3.8, 4) is 5.75 Å². The van der Waals surface area contributed by atoms with Crippen LogP contribution in [0.5, 0.6) is 5.75 Å². The molecule has 2 aromatic rings. The van der Waals surface area contributed by atoms with E-state index in [-0.39, 0.29) is 17.2 Å². The summed E-state index contributed by atoms with van der Waals surface area (Å²) in [5.74, 6) is 0.619. The number of nitrogens with zero attached hydrogens (tertiary/aromatic N) is 1. The van der Waals surface area contributed by atoms with Gasteiger partial charge in [0, 0.05) is 25.2 Å². The van der Waals surface area contributed by atoms with E-state index in [2.05, 4.69) is 5.32 Å². The number of sulfonamides is 1. The molecule has 0 saturated carbocycles. The summed E-state index contributed by atoms with van der Waals surface area (Å²) in [4.78, 5) is 12.5. The first-order valence-corrected chi connectivity index (χ1v) is 11.3. The maximum atomic E-state index is 12.7. The number of carbonyl (C=O) groups is 1. The Morgan fingerprint density at radius 1 is 1.07 bits per heavy atom. The minimum Gasteiger partial charge on any atom is -0.494 e. The number of anilines is 1. The average Bonchev–Trinajstić information content (AvgIpc) is 2.67. The Bertz CT molecular complexity index is 938. The van der Waals surface area contributed by atoms with Crippen molar-refractivity contribution in [2.45, 2.75) is 45.4 Å². The van der Waals surface area contributed by atoms with Crippen LogP contribution in [0.4, 0.5) is 5.69 Å². The lowest BCUT2D eigenvalue weighted by atomic mass is 10.2. The summed E-state index contributed by atoms with van der Waals surface area (Å²) in [5.41, 5.74) is 2.45. The van der Waals surface area contributed by atoms with E-state index in [1.807, 2.05) is 38.1 Å². The highest BCUT2D eigenvalue weighted by Crippen LogP contribution is 2.23. The van der Waals surface area contributed by atoms with E-state index in [1.54, 1.807) is 26.0 Å². The molecule has 0 heterocycles. The third kappa shape index (κ3) is 6.30. The minimum atomic E-state index is -3.57. The van der Waals surface area contributed by atoms with Crippen LogP contribution in [0.15, 0.2) is 47.4 Å². The van der Waals surface area contributed by atoms with Crippen LogP contribution < -0.4 is 10.1 Å². The van der Waals surface area contributed by atoms with Crippen molar-refractivity contribution in [2.75, 3.05) is 25.0 Å². The van der Waals surface area contributed by atoms with Gasteiger partial charge in [-0.3, -0.25) is 4.79 Å². The fourth-order valence-corrected chi connectivity index (χ4v) is 4.43. The predicted octanol–water partition coefficient (Wildman–Crippen LogP) is 4.13. The molecular weight excluding hydrogens is 388 g/mol. The zero-order valence-corrected chi connectivity index (χ0v) is 18.4. The fourth-order valence-electron chi connectivity index (χ4n) is 2.95. The van der Waals surface area contributed by atoms with Crippen LogP contribution in [0, 0.1) is 13.8 Å². The number of ether oxygens (including phenoxy) is 1. The van der Waals surface area contributed by atoms with Crippen LogP contribution in [-0.2, 0) is 14.8 Å². The Morgan fingerprint density at radius 2 is 1.79 bits per heavy atom. The Labute approximate surface area is 173 Å². The normalized spacial score (nSPS) is 11.5. The molecule has 0 aliphatic heterocycles. The number of hydrogen-bond acceptors (Lipinski definition) is 4. The summed E-state index contributed by atoms with van der Waals surface area (Å²) in [6.07, 6.45) is 0.856. The van der Waals surface area contributed by atoms with Crippen LogP contribution in [0.1, 0.15) is 37.8 Å². The molecule has 0 aromatic heterocycles. The standard InChI is InChI=1S/C22H30N2O4S/c1-5-24(6-2)29(26,27)20-13-12-18(4)21(16-20)23-22(25)11-8-14-28-19-10-7-9-17(3)15-19/h7,9-10,12-13,15-16H,5-6,8,11,14H2,1-4H3,(H,23,25). The van der Waals surface area contributed by atoms with E-state index < -0.39 is 10.0 Å². The molecule has 0 bridgehead atoms. The van der Waals surface area contributed by atoms with Crippen molar-refractivity contribution in [3.63, 3.8) is 0 Å². The molecule has 0 spiro atoms. The Balaban J connectivity index is 1.96. The van der Waals surface area contributed by atoms with Gasteiger partial charge in [0.25, 0.3) is 0 Å². The van der Waals surface area contributed by atoms with E-state index in [9.17, 15) is 13.2 Å². The van der Waals surface area contributed by atoms with Gasteiger partial charge in [-0.1, -0.05) is 32.0 Å². The molecule has 6 nitrogen and oxygen atoms in total. The SMILES string of the molecule is CCN(CC)S(=O)(=O)c1ccc(C)c(NC(=O)CCCOc2cccc(C)c2)c1. The molecule has 0 radical (unpaired) electrons. The second kappa shape index (κ2) is 10.4. The van der Waals surface area contributed by atoms with Gasteiger partial charge in [0.05, 0.1) is 11.5 Å². The van der Waals surface area contributed by atoms with Gasteiger partial charge in [0.15, 0.2) is 0 Å². The van der Waals surface area contributed by atoms with Gasteiger partial charge in [-0.15, -0.1) is 0 Å². The Kier molecular flexibility index (Phi) is 8.22. The Hall–Kier alpha value is -2.38. The Morgan fingerprint density at radius 3 is 2.45 bits per heavy atom. The number of rotatable bonds is 10. The van der Waals surface area contributed by atoms with Gasteiger partial charge in [0.2, 0.25) is 15.9 Å². The molecule has 0 unspecified atom stereocenters. The van der Waals surface area contributed by atoms with E-state index in [1.165, 1.54) is 10.4 Å². The molecular formula is C22H30N2O4S. The third-order valence-corrected chi connectivity index (χ3v) is 6.68. The van der Waals surface area contributed by atoms with Crippen molar-refractivity contribution >= 4 is 21.6 Å². The number of benzene rings is 2. The lowest BCUT2D eigenvalue weighted by molar-refractivity contribution is -0.116. The van der Waals surface area contributed by atoms with Crippen molar-refractivity contribution in [1.82, 2.24) is 4.31 Å². The molecule has 0 atom stereocenters. The first-order chi connectivity index (χ1) is 13.8. The fraction of sp³-hybridized carbons (Fsp3) is 0.409. The zero-order valence-electron chi connectivity index (χ0n) is 17.6. The molecule has 29 heavy (non-hydrogen) atoms. The van der Waals surface area contributed by atoms with Crippen molar-refractivity contribution < 1.29 is 17.9 Å². The summed E-state index contributed by atoms with van der Waals surface area (Å²) in [7, 11) is -3.57. The minimum absolute atomic E-state index is 0.168. The molecule has 1 amide bonds. The molecule has 0 saturated heterocycles. The van der Waals surface area contributed by atoms with Crippen LogP contribution in [-0.4, -0.2) is 38.3 Å². The first kappa shape index (κ1) is 22.9. The van der Waals surface area contributed by atoms with Crippen molar-refractivity contribution in [3.05, 3.63) is 53.6 Å². The second-order valence-corrected chi connectivity index (χ2v) is 8.82. The maximum Gasteiger partial charge on any atom is 0.243 e. The number of nitrogens with one attached hydrogen (secondary N) is 1. The van der Waals surface area contributed by atoms with Crippen molar-refractivity contribution in [1.29, 1.82) is 0 Å². The van der Waals surface area contributed by atoms with Gasteiger partial charge in [-0.25, -0.2) is 8.42 Å². The summed E-state index contributed by atoms with van der Waals surface area (Å²) in [6, 6.07) is 12.6. The van der Waals surface area contributed by atoms with E-state index >= 15 is 0 Å². The van der Waals surface area contributed by atoms with Crippen LogP contribution in [0.2, 0.25) is 0 Å². The molecule has 1 N–H and O–H groups in total. The summed E-state index contributed by atoms with van der Waals surface area (Å²) >= 11 is 0. The van der Waals surface area contributed by atoms with Crippen LogP contribution in [0.3, 0.4) is 0 Å². The zero-order chi connectivity index (χ0) is 21.4. The molecule has 2 aromatic carbocycles. The molecule has 2 rings (SSSR count). The molecule has 0 aliphatic rings. The number of aryl methyl sites for hydroxylation is 2. The van der Waals surface area contributed by atoms with Gasteiger partial charge >= 0.3 is 0 Å². The van der Waals surface area contributed by atoms with Gasteiger partial charge in [0.1, 0.15) is 5.75 Å². The smallest absolute Gasteiger partial charge is 0.243 e. The second-order valence-electron chi connectivity index (χ2n) is 6.88. The summed E-state index contributed by atoms with van der Waals surface area (Å²) in [5, 5.41) is 2.83. The first-order valence-electron chi connectivity index (χ1n) is 9.88. The highest BCUT2D eigenvalue weighted by Gasteiger charge is 2.22. The van der Waals surface area contributed by atoms with Gasteiger partial charge < -0.3 is 10.1 Å². The lowest BCUT2D eigenvalue weighted by Gasteiger charge is -2.19. The topological polar surface area (TPSA) is 75.7 Å². The number of amides is 1. The predicted molar refractivity (Wildman–Crippen MR) is 116 cm³/mol. The van der Waals surface area contributed by atoms with E-state index in [0.29, 0.717) is 31.8 Å². The molecule has 0 aliphatic carbocycles. The van der Waals surface area contributed by atoms with Gasteiger partial charge in [-0.05, 0) is 55.7 Å². The number of hydrogen-bond donors (Lipinski definition) is 1. The molecule has 0 fully saturated rings. The van der Waals surface area contributed by atoms with E-state index in [0.717, 1.165) is 16.9 Å². The molecule has 7 heteroatoms. The maximum absolute atomic E-state index is 12.7. The quantitative estimate of drug-likeness (QED) is 0.589. The average molecular weight is 419 g/mol.